The van der Waals surface area contributed by atoms with E-state index >= 15 is 0 Å². The van der Waals surface area contributed by atoms with Crippen LogP contribution in [0.1, 0.15) is 15.9 Å². The molecule has 0 radical (unpaired) electrons. The summed E-state index contributed by atoms with van der Waals surface area (Å²) >= 11 is 0. The fourth-order valence-corrected chi connectivity index (χ4v) is 1.76. The van der Waals surface area contributed by atoms with Gasteiger partial charge in [0.05, 0.1) is 18.8 Å². The standard InChI is InChI=1S/C14H22N2O3/c1-11-5-4-6-12(13(11)15)14(17)16(7-9-18-2)8-10-19-3/h4-6H,7-10,15H2,1-3H3. The molecule has 0 aliphatic carbocycles. The fourth-order valence-electron chi connectivity index (χ4n) is 1.76. The maximum Gasteiger partial charge on any atom is 0.256 e. The molecule has 106 valence electrons. The third kappa shape index (κ3) is 4.22. The maximum absolute atomic E-state index is 12.5. The van der Waals surface area contributed by atoms with E-state index in [1.165, 1.54) is 0 Å². The van der Waals surface area contributed by atoms with Gasteiger partial charge < -0.3 is 20.1 Å². The number of aryl methyl sites for hydroxylation is 1. The van der Waals surface area contributed by atoms with Crippen molar-refractivity contribution in [3.05, 3.63) is 29.3 Å². The number of methoxy groups -OCH3 is 2. The third-order valence-electron chi connectivity index (χ3n) is 2.97. The van der Waals surface area contributed by atoms with Gasteiger partial charge in [-0.1, -0.05) is 12.1 Å². The van der Waals surface area contributed by atoms with Crippen molar-refractivity contribution in [3.8, 4) is 0 Å². The number of nitrogens with zero attached hydrogens (tertiary/aromatic N) is 1. The molecule has 1 aromatic rings. The first kappa shape index (κ1) is 15.5. The lowest BCUT2D eigenvalue weighted by molar-refractivity contribution is 0.0628. The number of nitrogens with two attached hydrogens (primary N) is 1. The molecule has 0 unspecified atom stereocenters. The van der Waals surface area contributed by atoms with Gasteiger partial charge in [0.1, 0.15) is 0 Å². The topological polar surface area (TPSA) is 64.8 Å². The molecule has 0 fully saturated rings. The Morgan fingerprint density at radius 1 is 1.21 bits per heavy atom. The largest absolute Gasteiger partial charge is 0.398 e. The molecule has 0 spiro atoms. The summed E-state index contributed by atoms with van der Waals surface area (Å²) in [5.41, 5.74) is 7.94. The van der Waals surface area contributed by atoms with E-state index in [2.05, 4.69) is 0 Å². The molecule has 0 atom stereocenters. The van der Waals surface area contributed by atoms with Gasteiger partial charge in [-0.2, -0.15) is 0 Å². The first-order valence-electron chi connectivity index (χ1n) is 6.24. The van der Waals surface area contributed by atoms with Crippen LogP contribution in [0.5, 0.6) is 0 Å². The highest BCUT2D eigenvalue weighted by atomic mass is 16.5. The summed E-state index contributed by atoms with van der Waals surface area (Å²) in [6.07, 6.45) is 0. The van der Waals surface area contributed by atoms with Crippen molar-refractivity contribution >= 4 is 11.6 Å². The predicted octanol–water partition coefficient (Wildman–Crippen LogP) is 1.31. The Labute approximate surface area is 114 Å². The van der Waals surface area contributed by atoms with E-state index < -0.39 is 0 Å². The van der Waals surface area contributed by atoms with E-state index in [0.717, 1.165) is 5.56 Å². The number of carbonyl (C=O) groups excluding carboxylic acids is 1. The molecule has 0 bridgehead atoms. The molecule has 0 heterocycles. The predicted molar refractivity (Wildman–Crippen MR) is 75.2 cm³/mol. The number of hydrogen-bond donors (Lipinski definition) is 1. The van der Waals surface area contributed by atoms with Gasteiger partial charge in [0.2, 0.25) is 0 Å². The zero-order valence-corrected chi connectivity index (χ0v) is 11.8. The number of nitrogen functional groups attached to an aromatic ring is 1. The van der Waals surface area contributed by atoms with Crippen molar-refractivity contribution in [1.82, 2.24) is 4.90 Å². The third-order valence-corrected chi connectivity index (χ3v) is 2.97. The summed E-state index contributed by atoms with van der Waals surface area (Å²) in [7, 11) is 3.22. The Kier molecular flexibility index (Phi) is 6.32. The number of hydrogen-bond acceptors (Lipinski definition) is 4. The van der Waals surface area contributed by atoms with Gasteiger partial charge in [-0.15, -0.1) is 0 Å². The summed E-state index contributed by atoms with van der Waals surface area (Å²) in [5.74, 6) is -0.0877. The monoisotopic (exact) mass is 266 g/mol. The van der Waals surface area contributed by atoms with Gasteiger partial charge in [-0.3, -0.25) is 4.79 Å². The van der Waals surface area contributed by atoms with Gasteiger partial charge in [-0.05, 0) is 18.6 Å². The molecule has 0 saturated heterocycles. The van der Waals surface area contributed by atoms with Crippen LogP contribution in [0.15, 0.2) is 18.2 Å². The summed E-state index contributed by atoms with van der Waals surface area (Å²) < 4.78 is 10.1. The number of carbonyl (C=O) groups is 1. The quantitative estimate of drug-likeness (QED) is 0.756. The molecular formula is C14H22N2O3. The van der Waals surface area contributed by atoms with Crippen LogP contribution in [0.25, 0.3) is 0 Å². The van der Waals surface area contributed by atoms with E-state index in [0.29, 0.717) is 37.6 Å². The number of rotatable bonds is 7. The Hall–Kier alpha value is -1.59. The smallest absolute Gasteiger partial charge is 0.256 e. The van der Waals surface area contributed by atoms with E-state index in [9.17, 15) is 4.79 Å². The van der Waals surface area contributed by atoms with E-state index in [-0.39, 0.29) is 5.91 Å². The molecular weight excluding hydrogens is 244 g/mol. The number of amides is 1. The summed E-state index contributed by atoms with van der Waals surface area (Å²) in [5, 5.41) is 0. The molecule has 5 heteroatoms. The van der Waals surface area contributed by atoms with Gasteiger partial charge >= 0.3 is 0 Å². The van der Waals surface area contributed by atoms with Crippen molar-refractivity contribution in [2.24, 2.45) is 0 Å². The minimum absolute atomic E-state index is 0.0877. The summed E-state index contributed by atoms with van der Waals surface area (Å²) in [6.45, 7) is 3.90. The molecule has 1 amide bonds. The number of para-hydroxylation sites is 1. The molecule has 0 aliphatic heterocycles. The average molecular weight is 266 g/mol. The SMILES string of the molecule is COCCN(CCOC)C(=O)c1cccc(C)c1N. The average Bonchev–Trinajstić information content (AvgIpc) is 2.41. The Morgan fingerprint density at radius 3 is 2.32 bits per heavy atom. The first-order valence-corrected chi connectivity index (χ1v) is 6.24. The molecule has 1 aromatic carbocycles. The van der Waals surface area contributed by atoms with Crippen molar-refractivity contribution in [2.45, 2.75) is 6.92 Å². The van der Waals surface area contributed by atoms with E-state index in [1.807, 2.05) is 19.1 Å². The number of anilines is 1. The Bertz CT molecular complexity index is 413. The lowest BCUT2D eigenvalue weighted by Gasteiger charge is -2.23. The van der Waals surface area contributed by atoms with Crippen molar-refractivity contribution in [1.29, 1.82) is 0 Å². The molecule has 0 aromatic heterocycles. The van der Waals surface area contributed by atoms with Crippen LogP contribution >= 0.6 is 0 Å². The van der Waals surface area contributed by atoms with Crippen molar-refractivity contribution in [2.75, 3.05) is 46.3 Å². The highest BCUT2D eigenvalue weighted by Crippen LogP contribution is 2.18. The molecule has 5 nitrogen and oxygen atoms in total. The summed E-state index contributed by atoms with van der Waals surface area (Å²) in [6, 6.07) is 5.47. The maximum atomic E-state index is 12.5. The van der Waals surface area contributed by atoms with Crippen LogP contribution in [-0.4, -0.2) is 51.3 Å². The van der Waals surface area contributed by atoms with Crippen molar-refractivity contribution < 1.29 is 14.3 Å². The van der Waals surface area contributed by atoms with Crippen molar-refractivity contribution in [3.63, 3.8) is 0 Å². The summed E-state index contributed by atoms with van der Waals surface area (Å²) in [4.78, 5) is 14.2. The minimum atomic E-state index is -0.0877. The van der Waals surface area contributed by atoms with Crippen LogP contribution in [0, 0.1) is 6.92 Å². The van der Waals surface area contributed by atoms with Crippen LogP contribution in [-0.2, 0) is 9.47 Å². The number of ether oxygens (including phenoxy) is 2. The zero-order valence-electron chi connectivity index (χ0n) is 11.8. The Morgan fingerprint density at radius 2 is 1.79 bits per heavy atom. The second kappa shape index (κ2) is 7.76. The highest BCUT2D eigenvalue weighted by Gasteiger charge is 2.18. The van der Waals surface area contributed by atoms with Crippen LogP contribution < -0.4 is 5.73 Å². The van der Waals surface area contributed by atoms with Gasteiger partial charge in [-0.25, -0.2) is 0 Å². The molecule has 0 aliphatic rings. The highest BCUT2D eigenvalue weighted by molar-refractivity contribution is 5.99. The van der Waals surface area contributed by atoms with Gasteiger partial charge in [0.25, 0.3) is 5.91 Å². The minimum Gasteiger partial charge on any atom is -0.398 e. The second-order valence-electron chi connectivity index (χ2n) is 4.31. The van der Waals surface area contributed by atoms with Gasteiger partial charge in [0.15, 0.2) is 0 Å². The second-order valence-corrected chi connectivity index (χ2v) is 4.31. The van der Waals surface area contributed by atoms with E-state index in [4.69, 9.17) is 15.2 Å². The first-order chi connectivity index (χ1) is 9.11. The van der Waals surface area contributed by atoms with Gasteiger partial charge in [0, 0.05) is 33.0 Å². The van der Waals surface area contributed by atoms with Crippen LogP contribution in [0.3, 0.4) is 0 Å². The molecule has 1 rings (SSSR count). The van der Waals surface area contributed by atoms with Crippen LogP contribution in [0.4, 0.5) is 5.69 Å². The fraction of sp³-hybridized carbons (Fsp3) is 0.500. The lowest BCUT2D eigenvalue weighted by atomic mass is 10.1. The molecule has 0 saturated carbocycles. The number of benzene rings is 1. The normalized spacial score (nSPS) is 10.5. The Balaban J connectivity index is 2.87. The zero-order chi connectivity index (χ0) is 14.3. The lowest BCUT2D eigenvalue weighted by Crippen LogP contribution is -2.36. The molecule has 2 N–H and O–H groups in total. The molecule has 19 heavy (non-hydrogen) atoms. The van der Waals surface area contributed by atoms with E-state index in [1.54, 1.807) is 25.2 Å². The van der Waals surface area contributed by atoms with Crippen LogP contribution in [0.2, 0.25) is 0 Å².